The van der Waals surface area contributed by atoms with Crippen LogP contribution in [0, 0.1) is 6.92 Å². The fraction of sp³-hybridized carbons (Fsp3) is 0.308. The Morgan fingerprint density at radius 3 is 3.00 bits per heavy atom. The lowest BCUT2D eigenvalue weighted by Gasteiger charge is -2.27. The van der Waals surface area contributed by atoms with Gasteiger partial charge in [0.2, 0.25) is 0 Å². The molecule has 0 N–H and O–H groups in total. The van der Waals surface area contributed by atoms with Gasteiger partial charge in [-0.05, 0) is 13.0 Å². The summed E-state index contributed by atoms with van der Waals surface area (Å²) in [5.74, 6) is 0.808. The minimum Gasteiger partial charge on any atom is -0.332 e. The van der Waals surface area contributed by atoms with Gasteiger partial charge >= 0.3 is 0 Å². The van der Waals surface area contributed by atoms with Crippen molar-refractivity contribution < 1.29 is 4.79 Å². The van der Waals surface area contributed by atoms with Gasteiger partial charge in [0.15, 0.2) is 0 Å². The smallest absolute Gasteiger partial charge is 0.257 e. The van der Waals surface area contributed by atoms with E-state index in [1.165, 1.54) is 0 Å². The maximum absolute atomic E-state index is 12.4. The van der Waals surface area contributed by atoms with Gasteiger partial charge < -0.3 is 9.47 Å². The minimum absolute atomic E-state index is 0.0910. The molecule has 98 valence electrons. The van der Waals surface area contributed by atoms with Crippen molar-refractivity contribution in [3.8, 4) is 0 Å². The van der Waals surface area contributed by atoms with Crippen LogP contribution >= 0.6 is 11.6 Å². The Morgan fingerprint density at radius 2 is 2.21 bits per heavy atom. The molecule has 0 radical (unpaired) electrons. The van der Waals surface area contributed by atoms with Crippen LogP contribution in [0.4, 0.5) is 0 Å². The first kappa shape index (κ1) is 12.2. The van der Waals surface area contributed by atoms with Gasteiger partial charge in [0.05, 0.1) is 17.1 Å². The zero-order valence-electron chi connectivity index (χ0n) is 10.5. The first-order valence-electron chi connectivity index (χ1n) is 6.06. The minimum atomic E-state index is -0.0910. The molecule has 1 amide bonds. The van der Waals surface area contributed by atoms with E-state index < -0.39 is 0 Å². The number of rotatable bonds is 1. The monoisotopic (exact) mass is 276 g/mol. The predicted octanol–water partition coefficient (Wildman–Crippen LogP) is 1.90. The van der Waals surface area contributed by atoms with Crippen molar-refractivity contribution >= 4 is 17.5 Å². The molecular weight excluding hydrogens is 264 g/mol. The van der Waals surface area contributed by atoms with Gasteiger partial charge in [-0.15, -0.1) is 0 Å². The van der Waals surface area contributed by atoms with E-state index in [-0.39, 0.29) is 5.91 Å². The van der Waals surface area contributed by atoms with Crippen molar-refractivity contribution in [1.82, 2.24) is 19.4 Å². The van der Waals surface area contributed by atoms with E-state index in [2.05, 4.69) is 14.5 Å². The normalized spacial score (nSPS) is 14.3. The van der Waals surface area contributed by atoms with Crippen LogP contribution < -0.4 is 0 Å². The molecule has 1 aliphatic heterocycles. The third kappa shape index (κ3) is 2.21. The molecule has 0 aliphatic carbocycles. The maximum atomic E-state index is 12.4. The second-order valence-corrected chi connectivity index (χ2v) is 4.98. The van der Waals surface area contributed by atoms with Gasteiger partial charge in [-0.25, -0.2) is 4.98 Å². The fourth-order valence-electron chi connectivity index (χ4n) is 2.20. The predicted molar refractivity (Wildman–Crippen MR) is 71.0 cm³/mol. The summed E-state index contributed by atoms with van der Waals surface area (Å²) in [6, 6.07) is 1.71. The van der Waals surface area contributed by atoms with Gasteiger partial charge in [0.1, 0.15) is 5.82 Å². The first-order chi connectivity index (χ1) is 9.15. The number of aromatic nitrogens is 3. The summed E-state index contributed by atoms with van der Waals surface area (Å²) in [6.07, 6.45) is 5.22. The van der Waals surface area contributed by atoms with Gasteiger partial charge in [0, 0.05) is 37.4 Å². The molecule has 19 heavy (non-hydrogen) atoms. The highest BCUT2D eigenvalue weighted by Gasteiger charge is 2.23. The lowest BCUT2D eigenvalue weighted by Crippen LogP contribution is -2.38. The Bertz CT molecular complexity index is 637. The molecular formula is C13H13ClN4O. The molecule has 3 heterocycles. The SMILES string of the molecule is Cc1cc(Cl)c(C(=O)N2CCn3ccnc3C2)cn1. The zero-order valence-corrected chi connectivity index (χ0v) is 11.3. The Morgan fingerprint density at radius 1 is 1.37 bits per heavy atom. The van der Waals surface area contributed by atoms with E-state index >= 15 is 0 Å². The topological polar surface area (TPSA) is 51.0 Å². The number of halogens is 1. The maximum Gasteiger partial charge on any atom is 0.257 e. The van der Waals surface area contributed by atoms with Crippen LogP contribution in [0.1, 0.15) is 21.9 Å². The molecule has 3 rings (SSSR count). The highest BCUT2D eigenvalue weighted by Crippen LogP contribution is 2.20. The van der Waals surface area contributed by atoms with Crippen LogP contribution in [-0.4, -0.2) is 31.9 Å². The molecule has 0 unspecified atom stereocenters. The number of hydrogen-bond acceptors (Lipinski definition) is 3. The number of nitrogens with zero attached hydrogens (tertiary/aromatic N) is 4. The first-order valence-corrected chi connectivity index (χ1v) is 6.44. The van der Waals surface area contributed by atoms with Crippen molar-refractivity contribution in [3.05, 3.63) is 46.8 Å². The molecule has 2 aromatic heterocycles. The van der Waals surface area contributed by atoms with E-state index in [9.17, 15) is 4.79 Å². The van der Waals surface area contributed by atoms with Crippen LogP contribution in [0.3, 0.4) is 0 Å². The Kier molecular flexibility index (Phi) is 2.98. The molecule has 0 atom stereocenters. The lowest BCUT2D eigenvalue weighted by molar-refractivity contribution is 0.0707. The number of pyridine rings is 1. The number of fused-ring (bicyclic) bond motifs is 1. The van der Waals surface area contributed by atoms with Gasteiger partial charge in [-0.2, -0.15) is 0 Å². The summed E-state index contributed by atoms with van der Waals surface area (Å²) in [5, 5.41) is 0.450. The summed E-state index contributed by atoms with van der Waals surface area (Å²) in [6.45, 7) is 3.78. The van der Waals surface area contributed by atoms with Crippen molar-refractivity contribution in [3.63, 3.8) is 0 Å². The Labute approximate surface area is 115 Å². The average Bonchev–Trinajstić information content (AvgIpc) is 2.85. The van der Waals surface area contributed by atoms with Crippen LogP contribution in [0.2, 0.25) is 5.02 Å². The van der Waals surface area contributed by atoms with Crippen LogP contribution in [-0.2, 0) is 13.1 Å². The largest absolute Gasteiger partial charge is 0.332 e. The van der Waals surface area contributed by atoms with E-state index in [1.54, 1.807) is 23.4 Å². The Hall–Kier alpha value is -1.88. The second kappa shape index (κ2) is 4.66. The quantitative estimate of drug-likeness (QED) is 0.799. The van der Waals surface area contributed by atoms with E-state index in [0.29, 0.717) is 23.7 Å². The average molecular weight is 277 g/mol. The molecule has 0 aromatic carbocycles. The van der Waals surface area contributed by atoms with Crippen LogP contribution in [0.25, 0.3) is 0 Å². The highest BCUT2D eigenvalue weighted by molar-refractivity contribution is 6.33. The van der Waals surface area contributed by atoms with E-state index in [0.717, 1.165) is 18.1 Å². The molecule has 1 aliphatic rings. The molecule has 6 heteroatoms. The standard InChI is InChI=1S/C13H13ClN4O/c1-9-6-11(14)10(7-16-9)13(19)18-5-4-17-3-2-15-12(17)8-18/h2-3,6-7H,4-5,8H2,1H3. The fourth-order valence-corrected chi connectivity index (χ4v) is 2.49. The number of carbonyl (C=O) groups is 1. The molecule has 0 bridgehead atoms. The van der Waals surface area contributed by atoms with Crippen LogP contribution in [0.5, 0.6) is 0 Å². The van der Waals surface area contributed by atoms with E-state index in [1.807, 2.05) is 13.1 Å². The van der Waals surface area contributed by atoms with Gasteiger partial charge in [-0.3, -0.25) is 9.78 Å². The summed E-state index contributed by atoms with van der Waals surface area (Å²) in [4.78, 5) is 22.6. The lowest BCUT2D eigenvalue weighted by atomic mass is 10.2. The summed E-state index contributed by atoms with van der Waals surface area (Å²) >= 11 is 6.11. The Balaban J connectivity index is 1.85. The second-order valence-electron chi connectivity index (χ2n) is 4.57. The van der Waals surface area contributed by atoms with E-state index in [4.69, 9.17) is 11.6 Å². The van der Waals surface area contributed by atoms with Crippen molar-refractivity contribution in [1.29, 1.82) is 0 Å². The summed E-state index contributed by atoms with van der Waals surface area (Å²) in [7, 11) is 0. The molecule has 0 spiro atoms. The molecule has 0 saturated carbocycles. The number of carbonyl (C=O) groups excluding carboxylic acids is 1. The number of aryl methyl sites for hydroxylation is 1. The molecule has 5 nitrogen and oxygen atoms in total. The number of hydrogen-bond donors (Lipinski definition) is 0. The highest BCUT2D eigenvalue weighted by atomic mass is 35.5. The van der Waals surface area contributed by atoms with Gasteiger partial charge in [-0.1, -0.05) is 11.6 Å². The number of amides is 1. The van der Waals surface area contributed by atoms with Gasteiger partial charge in [0.25, 0.3) is 5.91 Å². The van der Waals surface area contributed by atoms with Crippen LogP contribution in [0.15, 0.2) is 24.7 Å². The summed E-state index contributed by atoms with van der Waals surface area (Å²) < 4.78 is 2.05. The van der Waals surface area contributed by atoms with Crippen molar-refractivity contribution in [2.75, 3.05) is 6.54 Å². The van der Waals surface area contributed by atoms with Crippen molar-refractivity contribution in [2.45, 2.75) is 20.0 Å². The summed E-state index contributed by atoms with van der Waals surface area (Å²) in [5.41, 5.74) is 1.25. The number of imidazole rings is 1. The molecule has 0 fully saturated rings. The zero-order chi connectivity index (χ0) is 13.4. The third-order valence-electron chi connectivity index (χ3n) is 3.25. The molecule has 0 saturated heterocycles. The van der Waals surface area contributed by atoms with Crippen molar-refractivity contribution in [2.24, 2.45) is 0 Å². The third-order valence-corrected chi connectivity index (χ3v) is 3.57. The molecule has 2 aromatic rings.